The summed E-state index contributed by atoms with van der Waals surface area (Å²) in [5.74, 6) is 1.69. The molecule has 0 aliphatic heterocycles. The fraction of sp³-hybridized carbons (Fsp3) is 0. The summed E-state index contributed by atoms with van der Waals surface area (Å²) >= 11 is 0. The van der Waals surface area contributed by atoms with Gasteiger partial charge in [-0.1, -0.05) is 315 Å². The van der Waals surface area contributed by atoms with Gasteiger partial charge >= 0.3 is 0 Å². The topological polar surface area (TPSA) is 144 Å². The fourth-order valence-electron chi connectivity index (χ4n) is 21.6. The summed E-state index contributed by atoms with van der Waals surface area (Å²) in [7, 11) is 0. The largest absolute Gasteiger partial charge is 0.456 e. The monoisotopic (exact) mass is 1920 g/mol. The van der Waals surface area contributed by atoms with E-state index in [4.69, 9.17) is 45.0 Å². The second-order valence-electron chi connectivity index (χ2n) is 37.3. The summed E-state index contributed by atoms with van der Waals surface area (Å²) in [6.07, 6.45) is 3.60. The van der Waals surface area contributed by atoms with Gasteiger partial charge in [0, 0.05) is 122 Å². The standard InChI is InChI=1S/C47H30N2O.2C45H28N4O/c1-4-13-31(14-5-1)41-29-35(30-42(48-41)32-15-6-2-7-16-32)37-20-12-22-46-47(37)40-28-34(24-26-45(40)50-46)33-23-25-44-39(27-33)38-19-10-11-21-43(38)49(44)36-17-8-3-9-18-36;1-4-13-29(14-5-1)43-46-44(30-15-6-2-7-16-30)48-45(47-43)35-20-12-22-41-42(35)37-28-32(24-26-40(37)50-41)31-23-25-39-36(27-31)34-19-10-11-21-38(34)49(39)33-17-8-3-9-18-33;1-2-11-32(12-3-1)49-41-17-5-4-13-34(41)35-25-29(19-21-42(35)49)30-20-22-43-36(26-30)45-33(14-10-18-44(45)50-43)31-27-39(37-15-6-8-23-46-37)48-40(28-31)38-16-7-9-24-47-38/h1-30H;2*1-28H/i;3D,8D,9D,17D,18D;. The molecule has 19 aromatic carbocycles. The fourth-order valence-corrected chi connectivity index (χ4v) is 21.6. The Morgan fingerprint density at radius 2 is 0.473 bits per heavy atom. The summed E-state index contributed by atoms with van der Waals surface area (Å²) in [6, 6.07) is 163. The lowest BCUT2D eigenvalue weighted by Gasteiger charge is -2.11. The third-order valence-corrected chi connectivity index (χ3v) is 28.4. The van der Waals surface area contributed by atoms with Crippen LogP contribution in [0.5, 0.6) is 0 Å². The highest BCUT2D eigenvalue weighted by molar-refractivity contribution is 6.19. The average molecular weight is 1930 g/mol. The maximum atomic E-state index is 8.74. The number of hydrogen-bond donors (Lipinski definition) is 0. The van der Waals surface area contributed by atoms with E-state index in [0.29, 0.717) is 23.1 Å². The van der Waals surface area contributed by atoms with Crippen molar-refractivity contribution < 1.29 is 20.1 Å². The zero-order valence-corrected chi connectivity index (χ0v) is 80.5. The van der Waals surface area contributed by atoms with Gasteiger partial charge in [0.2, 0.25) is 0 Å². The number of aromatic nitrogens is 10. The van der Waals surface area contributed by atoms with Crippen molar-refractivity contribution in [3.8, 4) is 152 Å². The molecule has 0 atom stereocenters. The van der Waals surface area contributed by atoms with Crippen LogP contribution in [-0.2, 0) is 0 Å². The molecule has 150 heavy (non-hydrogen) atoms. The van der Waals surface area contributed by atoms with Crippen LogP contribution in [0.2, 0.25) is 0 Å². The van der Waals surface area contributed by atoms with Crippen LogP contribution in [0.15, 0.2) is 535 Å². The van der Waals surface area contributed by atoms with Crippen LogP contribution in [0.1, 0.15) is 6.85 Å². The molecule has 30 aromatic rings. The number of pyridine rings is 4. The Kier molecular flexibility index (Phi) is 20.3. The van der Waals surface area contributed by atoms with E-state index in [1.165, 1.54) is 49.2 Å². The molecule has 0 saturated heterocycles. The smallest absolute Gasteiger partial charge is 0.164 e. The number of hydrogen-bond acceptors (Lipinski definition) is 10. The highest BCUT2D eigenvalue weighted by Crippen LogP contribution is 2.48. The van der Waals surface area contributed by atoms with E-state index in [1.807, 2.05) is 182 Å². The highest BCUT2D eigenvalue weighted by Gasteiger charge is 2.26. The Hall–Kier alpha value is -20.4. The highest BCUT2D eigenvalue weighted by atomic mass is 16.3. The van der Waals surface area contributed by atoms with Gasteiger partial charge in [-0.15, -0.1) is 0 Å². The van der Waals surface area contributed by atoms with Gasteiger partial charge in [0.1, 0.15) is 33.5 Å². The molecule has 30 rings (SSSR count). The molecule has 0 aliphatic rings. The predicted molar refractivity (Wildman–Crippen MR) is 614 cm³/mol. The molecule has 0 amide bonds. The third-order valence-electron chi connectivity index (χ3n) is 28.4. The van der Waals surface area contributed by atoms with Crippen LogP contribution >= 0.6 is 0 Å². The van der Waals surface area contributed by atoms with Gasteiger partial charge in [0.25, 0.3) is 0 Å². The lowest BCUT2D eigenvalue weighted by molar-refractivity contribution is 0.668. The Morgan fingerprint density at radius 3 is 0.853 bits per heavy atom. The Balaban J connectivity index is 0.000000111. The number of para-hydroxylation sites is 6. The van der Waals surface area contributed by atoms with E-state index in [0.717, 1.165) is 205 Å². The van der Waals surface area contributed by atoms with Crippen LogP contribution in [-0.4, -0.2) is 48.6 Å². The van der Waals surface area contributed by atoms with E-state index < -0.39 is 6.04 Å². The molecule has 0 saturated carbocycles. The molecule has 13 heteroatoms. The van der Waals surface area contributed by atoms with Crippen molar-refractivity contribution in [3.05, 3.63) is 522 Å². The number of benzene rings is 19. The van der Waals surface area contributed by atoms with Crippen LogP contribution in [0.25, 0.3) is 283 Å². The zero-order chi connectivity index (χ0) is 103. The SMILES string of the molecule is [2H]c1c([2H])c([2H])c(-n2c3ccccc3c3cc(-c4ccc5oc6cccc(-c7nc(-c8ccccc8)nc(-c8ccccc8)n7)c6c5c4)ccc32)c([2H])c1[2H].c1ccc(-c2cc(-c3cccc4oc5ccc(-c6ccc7c(c6)c6ccccc6n7-c6ccccc6)cc5c34)cc(-c3ccccc3)n2)cc1.c1ccc(-n2c3ccccc3c3cc(-c4ccc5oc6cccc(-c7cc(-c8ccccn8)nc(-c8ccccn8)c7)c6c5c4)ccc32)cc1. The first kappa shape index (κ1) is 82.1. The van der Waals surface area contributed by atoms with Gasteiger partial charge in [0.15, 0.2) is 17.5 Å². The molecule has 0 spiro atoms. The minimum absolute atomic E-state index is 0.118. The van der Waals surface area contributed by atoms with Crippen LogP contribution in [0, 0.1) is 0 Å². The molecule has 11 aromatic heterocycles. The molecule has 702 valence electrons. The van der Waals surface area contributed by atoms with E-state index in [-0.39, 0.29) is 29.9 Å². The molecule has 0 unspecified atom stereocenters. The van der Waals surface area contributed by atoms with E-state index in [1.54, 1.807) is 17.0 Å². The second-order valence-corrected chi connectivity index (χ2v) is 37.3. The van der Waals surface area contributed by atoms with Gasteiger partial charge in [-0.2, -0.15) is 0 Å². The van der Waals surface area contributed by atoms with E-state index >= 15 is 0 Å². The summed E-state index contributed by atoms with van der Waals surface area (Å²) in [5.41, 5.74) is 34.2. The molecular weight excluding hydrogens is 1830 g/mol. The van der Waals surface area contributed by atoms with Crippen molar-refractivity contribution in [1.29, 1.82) is 0 Å². The molecule has 0 fully saturated rings. The normalized spacial score (nSPS) is 12.1. The molecule has 0 bridgehead atoms. The molecule has 11 heterocycles. The lowest BCUT2D eigenvalue weighted by atomic mass is 9.95. The Morgan fingerprint density at radius 1 is 0.173 bits per heavy atom. The number of furan rings is 3. The van der Waals surface area contributed by atoms with Crippen molar-refractivity contribution in [1.82, 2.24) is 48.6 Å². The third kappa shape index (κ3) is 15.7. The van der Waals surface area contributed by atoms with Crippen molar-refractivity contribution in [2.24, 2.45) is 0 Å². The minimum Gasteiger partial charge on any atom is -0.456 e. The van der Waals surface area contributed by atoms with Crippen LogP contribution in [0.4, 0.5) is 0 Å². The summed E-state index contributed by atoms with van der Waals surface area (Å²) in [5, 5.41) is 12.9. The van der Waals surface area contributed by atoms with Crippen molar-refractivity contribution in [2.75, 3.05) is 0 Å². The molecule has 0 radical (unpaired) electrons. The minimum atomic E-state index is -0.420. The van der Waals surface area contributed by atoms with Gasteiger partial charge in [-0.3, -0.25) is 9.97 Å². The van der Waals surface area contributed by atoms with Gasteiger partial charge < -0.3 is 27.0 Å². The summed E-state index contributed by atoms with van der Waals surface area (Å²) < 4.78 is 68.2. The van der Waals surface area contributed by atoms with Crippen molar-refractivity contribution in [3.63, 3.8) is 0 Å². The first-order chi connectivity index (χ1) is 76.4. The average Bonchev–Trinajstić information content (AvgIpc) is 1.59. The number of rotatable bonds is 15. The number of nitrogens with zero attached hydrogens (tertiary/aromatic N) is 10. The van der Waals surface area contributed by atoms with Gasteiger partial charge in [0.05, 0.1) is 74.1 Å². The maximum Gasteiger partial charge on any atom is 0.164 e. The first-order valence-corrected chi connectivity index (χ1v) is 49.9. The van der Waals surface area contributed by atoms with E-state index in [2.05, 4.69) is 316 Å². The zero-order valence-electron chi connectivity index (χ0n) is 85.5. The van der Waals surface area contributed by atoms with E-state index in [9.17, 15) is 0 Å². The van der Waals surface area contributed by atoms with Crippen LogP contribution < -0.4 is 0 Å². The summed E-state index contributed by atoms with van der Waals surface area (Å²) in [4.78, 5) is 34.3. The molecule has 13 nitrogen and oxygen atoms in total. The Bertz CT molecular complexity index is 10200. The Labute approximate surface area is 868 Å². The first-order valence-electron chi connectivity index (χ1n) is 52.4. The maximum absolute atomic E-state index is 8.74. The quantitative estimate of drug-likeness (QED) is 0.0972. The second kappa shape index (κ2) is 37.1. The van der Waals surface area contributed by atoms with Crippen molar-refractivity contribution in [2.45, 2.75) is 0 Å². The molecule has 0 N–H and O–H groups in total. The lowest BCUT2D eigenvalue weighted by Crippen LogP contribution is -2.00. The molecule has 0 aliphatic carbocycles. The van der Waals surface area contributed by atoms with Gasteiger partial charge in [-0.25, -0.2) is 24.9 Å². The number of fused-ring (bicyclic) bond motifs is 18. The summed E-state index contributed by atoms with van der Waals surface area (Å²) in [6.45, 7) is 0. The van der Waals surface area contributed by atoms with Gasteiger partial charge in [-0.05, 0) is 250 Å². The van der Waals surface area contributed by atoms with Crippen molar-refractivity contribution >= 4 is 131 Å². The van der Waals surface area contributed by atoms with Crippen LogP contribution in [0.3, 0.4) is 0 Å². The predicted octanol–water partition coefficient (Wildman–Crippen LogP) is 35.8. The molecular formula is C137H86N10O3.